The molecule has 0 aromatic rings. The number of carbonyl (C=O) groups excluding carboxylic acids is 2. The Morgan fingerprint density at radius 2 is 0.707 bits per heavy atom. The number of aliphatic hydroxyl groups excluding tert-OH is 16. The second-order valence-corrected chi connectivity index (χ2v) is 18.9. The zero-order valence-electron chi connectivity index (χ0n) is 40.7. The van der Waals surface area contributed by atoms with Crippen molar-refractivity contribution in [1.29, 1.82) is 0 Å². The minimum Gasteiger partial charge on any atom is -0.394 e. The lowest BCUT2D eigenvalue weighted by atomic mass is 9.91. The molecule has 6 aliphatic rings. The average molecular weight is 1100 g/mol. The molecule has 0 bridgehead atoms. The first-order valence-corrected chi connectivity index (χ1v) is 24.1. The van der Waals surface area contributed by atoms with Crippen molar-refractivity contribution in [2.75, 3.05) is 46.4 Å². The smallest absolute Gasteiger partial charge is 0.217 e. The number of amides is 2. The predicted molar refractivity (Wildman–Crippen MR) is 233 cm³/mol. The lowest BCUT2D eigenvalue weighted by Gasteiger charge is -2.51. The first-order valence-electron chi connectivity index (χ1n) is 24.1. The molecule has 0 radical (unpaired) electrons. The summed E-state index contributed by atoms with van der Waals surface area (Å²) in [4.78, 5) is 24.7. The molecule has 0 saturated carbocycles. The van der Waals surface area contributed by atoms with E-state index in [0.29, 0.717) is 0 Å². The van der Waals surface area contributed by atoms with Crippen LogP contribution >= 0.6 is 0 Å². The second-order valence-electron chi connectivity index (χ2n) is 18.9. The van der Waals surface area contributed by atoms with Crippen LogP contribution in [0.15, 0.2) is 0 Å². The molecule has 0 aromatic carbocycles. The number of hydrogen-bond acceptors (Lipinski definition) is 31. The van der Waals surface area contributed by atoms with Gasteiger partial charge >= 0.3 is 0 Å². The molecule has 436 valence electrons. The molecule has 0 aromatic heterocycles. The van der Waals surface area contributed by atoms with Gasteiger partial charge in [-0.3, -0.25) is 9.59 Å². The van der Waals surface area contributed by atoms with E-state index in [1.165, 1.54) is 6.92 Å². The SMILES string of the molecule is CC(=O)NC1C(OCN)OC(CO)C(OC2OC(CO)C(O)C(OC3OC(CO)C(OC4OC(CO)C(O)C(OC5OC(CO)C(OC6OC(CO)C(O)C(O)C6O)C(O)C5C)C4O)C(O)C3NC(C)=O)C2O)C1O. The van der Waals surface area contributed by atoms with Crippen molar-refractivity contribution < 1.29 is 148 Å². The third kappa shape index (κ3) is 13.5. The topological polar surface area (TPSA) is 519 Å². The van der Waals surface area contributed by atoms with E-state index < -0.39 is 242 Å². The monoisotopic (exact) mass is 1100 g/mol. The summed E-state index contributed by atoms with van der Waals surface area (Å²) >= 11 is 0. The number of carbonyl (C=O) groups is 2. The van der Waals surface area contributed by atoms with Crippen LogP contribution in [-0.4, -0.2) is 318 Å². The number of rotatable bonds is 20. The molecule has 6 rings (SSSR count). The van der Waals surface area contributed by atoms with Crippen molar-refractivity contribution in [2.24, 2.45) is 11.7 Å². The summed E-state index contributed by atoms with van der Waals surface area (Å²) in [6.45, 7) is -2.38. The quantitative estimate of drug-likeness (QED) is 0.0503. The molecule has 6 fully saturated rings. The van der Waals surface area contributed by atoms with E-state index >= 15 is 0 Å². The van der Waals surface area contributed by atoms with E-state index in [9.17, 15) is 91.3 Å². The molecule has 6 saturated heterocycles. The Kier molecular flexibility index (Phi) is 22.6. The van der Waals surface area contributed by atoms with Gasteiger partial charge in [0, 0.05) is 19.8 Å². The molecule has 30 atom stereocenters. The third-order valence-corrected chi connectivity index (χ3v) is 13.8. The van der Waals surface area contributed by atoms with Gasteiger partial charge in [-0.25, -0.2) is 0 Å². The van der Waals surface area contributed by atoms with Crippen molar-refractivity contribution in [3.8, 4) is 0 Å². The van der Waals surface area contributed by atoms with Crippen LogP contribution in [0.2, 0.25) is 0 Å². The normalized spacial score (nSPS) is 48.7. The van der Waals surface area contributed by atoms with E-state index in [1.807, 2.05) is 0 Å². The Hall–Kier alpha value is -2.22. The van der Waals surface area contributed by atoms with Gasteiger partial charge in [0.2, 0.25) is 11.8 Å². The molecule has 2 amide bonds. The highest BCUT2D eigenvalue weighted by atomic mass is 16.8. The largest absolute Gasteiger partial charge is 0.394 e. The van der Waals surface area contributed by atoms with Crippen LogP contribution in [0.25, 0.3) is 0 Å². The Morgan fingerprint density at radius 1 is 0.387 bits per heavy atom. The van der Waals surface area contributed by atoms with Gasteiger partial charge < -0.3 is 155 Å². The van der Waals surface area contributed by atoms with Crippen LogP contribution in [0.1, 0.15) is 20.8 Å². The van der Waals surface area contributed by atoms with Crippen molar-refractivity contribution in [1.82, 2.24) is 10.6 Å². The summed E-state index contributed by atoms with van der Waals surface area (Å²) in [6, 6.07) is -3.12. The molecule has 75 heavy (non-hydrogen) atoms. The number of aliphatic hydroxyl groups is 16. The lowest BCUT2D eigenvalue weighted by Crippen LogP contribution is -2.70. The Labute approximate surface area is 426 Å². The Morgan fingerprint density at radius 3 is 1.11 bits per heavy atom. The second kappa shape index (κ2) is 27.3. The van der Waals surface area contributed by atoms with Crippen molar-refractivity contribution in [2.45, 2.75) is 199 Å². The molecule has 0 aliphatic carbocycles. The van der Waals surface area contributed by atoms with Crippen LogP contribution in [0.4, 0.5) is 0 Å². The number of hydrogen-bond donors (Lipinski definition) is 19. The predicted octanol–water partition coefficient (Wildman–Crippen LogP) is -12.6. The molecule has 0 spiro atoms. The zero-order valence-corrected chi connectivity index (χ0v) is 40.7. The molecule has 33 heteroatoms. The van der Waals surface area contributed by atoms with Crippen LogP contribution in [0.3, 0.4) is 0 Å². The van der Waals surface area contributed by atoms with E-state index in [4.69, 9.17) is 62.6 Å². The highest BCUT2D eigenvalue weighted by Crippen LogP contribution is 2.38. The highest BCUT2D eigenvalue weighted by molar-refractivity contribution is 5.73. The Balaban J connectivity index is 1.18. The van der Waals surface area contributed by atoms with Gasteiger partial charge in [-0.05, 0) is 0 Å². The maximum Gasteiger partial charge on any atom is 0.217 e. The molecule has 33 nitrogen and oxygen atoms in total. The minimum absolute atomic E-state index is 0.435. The van der Waals surface area contributed by atoms with Gasteiger partial charge in [-0.1, -0.05) is 6.92 Å². The van der Waals surface area contributed by atoms with Crippen LogP contribution < -0.4 is 16.4 Å². The van der Waals surface area contributed by atoms with Gasteiger partial charge in [0.05, 0.1) is 52.5 Å². The first-order chi connectivity index (χ1) is 35.6. The summed E-state index contributed by atoms with van der Waals surface area (Å²) in [5, 5.41) is 178. The van der Waals surface area contributed by atoms with E-state index in [2.05, 4.69) is 10.6 Å². The van der Waals surface area contributed by atoms with Crippen molar-refractivity contribution >= 4 is 11.8 Å². The lowest BCUT2D eigenvalue weighted by molar-refractivity contribution is -0.388. The van der Waals surface area contributed by atoms with Gasteiger partial charge in [-0.2, -0.15) is 0 Å². The summed E-state index contributed by atoms with van der Waals surface area (Å²) in [7, 11) is 0. The molecule has 30 unspecified atom stereocenters. The van der Waals surface area contributed by atoms with Crippen LogP contribution in [0.5, 0.6) is 0 Å². The standard InChI is InChI=1S/C42H73N3O30/c1-11-22(54)32(71-40-29(61)28(60)23(55)14(4-46)65-40)17(7-49)68-37(11)74-35-24(56)15(5-47)66-41(30(35)62)73-34-19(9-51)70-39(21(27(34)59)45-13(3)53)75-36-25(57)16(6-48)67-42(31(36)63)72-33-18(8-50)69-38(64-10-43)20(26(33)58)44-12(2)52/h11,14-42,46-51,54-63H,4-10,43H2,1-3H3,(H,44,52)(H,45,53). The summed E-state index contributed by atoms with van der Waals surface area (Å²) in [5.41, 5.74) is 5.49. The number of ether oxygens (including phenoxy) is 12. The molecule has 6 aliphatic heterocycles. The van der Waals surface area contributed by atoms with Crippen molar-refractivity contribution in [3.05, 3.63) is 0 Å². The van der Waals surface area contributed by atoms with Crippen LogP contribution in [-0.2, 0) is 66.4 Å². The molecular formula is C42H73N3O30. The fraction of sp³-hybridized carbons (Fsp3) is 0.952. The Bertz CT molecular complexity index is 1780. The van der Waals surface area contributed by atoms with Gasteiger partial charge in [0.1, 0.15) is 134 Å². The fourth-order valence-corrected chi connectivity index (χ4v) is 9.73. The van der Waals surface area contributed by atoms with Crippen molar-refractivity contribution in [3.63, 3.8) is 0 Å². The van der Waals surface area contributed by atoms with Gasteiger partial charge in [-0.15, -0.1) is 0 Å². The maximum absolute atomic E-state index is 12.6. The van der Waals surface area contributed by atoms with E-state index in [1.54, 1.807) is 0 Å². The maximum atomic E-state index is 12.6. The number of nitrogens with one attached hydrogen (secondary N) is 2. The molecule has 20 N–H and O–H groups in total. The van der Waals surface area contributed by atoms with Crippen LogP contribution in [0, 0.1) is 5.92 Å². The summed E-state index contributed by atoms with van der Waals surface area (Å²) in [6.07, 6.45) is -47.7. The summed E-state index contributed by atoms with van der Waals surface area (Å²) < 4.78 is 69.0. The average Bonchev–Trinajstić information content (AvgIpc) is 3.38. The van der Waals surface area contributed by atoms with Gasteiger partial charge in [0.15, 0.2) is 37.7 Å². The third-order valence-electron chi connectivity index (χ3n) is 13.8. The van der Waals surface area contributed by atoms with E-state index in [-0.39, 0.29) is 0 Å². The molecule has 6 heterocycles. The van der Waals surface area contributed by atoms with Gasteiger partial charge in [0.25, 0.3) is 0 Å². The minimum atomic E-state index is -2.11. The number of nitrogens with two attached hydrogens (primary N) is 1. The van der Waals surface area contributed by atoms with E-state index in [0.717, 1.165) is 13.8 Å². The highest BCUT2D eigenvalue weighted by Gasteiger charge is 2.58. The zero-order chi connectivity index (χ0) is 55.3. The fourth-order valence-electron chi connectivity index (χ4n) is 9.73. The molecular weight excluding hydrogens is 1030 g/mol. The summed E-state index contributed by atoms with van der Waals surface area (Å²) in [5.74, 6) is -2.66. The first kappa shape index (κ1) is 62.0.